The molecule has 1 amide bonds. The molecule has 0 unspecified atom stereocenters. The number of carbonyl (C=O) groups excluding carboxylic acids is 1. The zero-order valence-electron chi connectivity index (χ0n) is 20.0. The number of hydrogen-bond acceptors (Lipinski definition) is 5. The minimum atomic E-state index is -5.08. The number of rotatable bonds is 8. The van der Waals surface area contributed by atoms with Gasteiger partial charge in [-0.05, 0) is 38.3 Å². The third-order valence-corrected chi connectivity index (χ3v) is 7.46. The number of nitrogens with one attached hydrogen (secondary N) is 1. The van der Waals surface area contributed by atoms with Crippen LogP contribution < -0.4 is 5.32 Å². The molecule has 1 fully saturated rings. The molecule has 0 saturated carbocycles. The number of carbonyl (C=O) groups is 2. The Morgan fingerprint density at radius 1 is 1.09 bits per heavy atom. The second-order valence-corrected chi connectivity index (χ2v) is 10.0. The van der Waals surface area contributed by atoms with E-state index in [1.165, 1.54) is 4.31 Å². The molecule has 12 heteroatoms. The van der Waals surface area contributed by atoms with Crippen molar-refractivity contribution in [3.05, 3.63) is 28.8 Å². The molecule has 34 heavy (non-hydrogen) atoms. The number of carboxylic acid groups (broad SMARTS) is 1. The highest BCUT2D eigenvalue weighted by Gasteiger charge is 2.38. The van der Waals surface area contributed by atoms with E-state index in [0.717, 1.165) is 42.6 Å². The number of benzene rings is 1. The summed E-state index contributed by atoms with van der Waals surface area (Å²) in [4.78, 5) is 23.6. The molecular formula is C22H34F3N3O5S. The Bertz CT molecular complexity index is 923. The lowest BCUT2D eigenvalue weighted by Crippen LogP contribution is -2.47. The van der Waals surface area contributed by atoms with Crippen LogP contribution in [0.25, 0.3) is 0 Å². The summed E-state index contributed by atoms with van der Waals surface area (Å²) in [5.74, 6) is -2.72. The van der Waals surface area contributed by atoms with Crippen LogP contribution in [-0.2, 0) is 19.6 Å². The molecule has 0 bridgehead atoms. The van der Waals surface area contributed by atoms with Crippen molar-refractivity contribution in [3.8, 4) is 0 Å². The van der Waals surface area contributed by atoms with Crippen LogP contribution in [0.4, 0.5) is 13.2 Å². The molecule has 2 rings (SSSR count). The molecule has 8 nitrogen and oxygen atoms in total. The summed E-state index contributed by atoms with van der Waals surface area (Å²) < 4.78 is 60.0. The molecule has 0 atom stereocenters. The first kappa shape index (κ1) is 29.9. The molecule has 0 radical (unpaired) electrons. The van der Waals surface area contributed by atoms with Crippen LogP contribution in [0.5, 0.6) is 0 Å². The molecule has 1 aliphatic rings. The monoisotopic (exact) mass is 509 g/mol. The van der Waals surface area contributed by atoms with E-state index < -0.39 is 22.2 Å². The fourth-order valence-corrected chi connectivity index (χ4v) is 5.57. The number of alkyl halides is 3. The molecule has 0 aromatic heterocycles. The molecule has 2 N–H and O–H groups in total. The summed E-state index contributed by atoms with van der Waals surface area (Å²) >= 11 is 0. The lowest BCUT2D eigenvalue weighted by molar-refractivity contribution is -0.192. The van der Waals surface area contributed by atoms with Gasteiger partial charge in [-0.1, -0.05) is 31.0 Å². The molecule has 1 aromatic carbocycles. The molecule has 0 spiro atoms. The van der Waals surface area contributed by atoms with Crippen LogP contribution in [0.15, 0.2) is 17.0 Å². The summed E-state index contributed by atoms with van der Waals surface area (Å²) in [6, 6.07) is 3.81. The molecule has 1 aromatic rings. The van der Waals surface area contributed by atoms with Crippen molar-refractivity contribution < 1.29 is 36.3 Å². The predicted octanol–water partition coefficient (Wildman–Crippen LogP) is 2.86. The molecular weight excluding hydrogens is 475 g/mol. The first-order chi connectivity index (χ1) is 15.7. The van der Waals surface area contributed by atoms with Gasteiger partial charge in [0.2, 0.25) is 15.9 Å². The van der Waals surface area contributed by atoms with Crippen molar-refractivity contribution in [2.75, 3.05) is 39.3 Å². The second-order valence-electron chi connectivity index (χ2n) is 8.17. The van der Waals surface area contributed by atoms with E-state index in [1.54, 1.807) is 0 Å². The van der Waals surface area contributed by atoms with E-state index in [-0.39, 0.29) is 18.9 Å². The van der Waals surface area contributed by atoms with Gasteiger partial charge in [0, 0.05) is 45.7 Å². The number of piperazine rings is 1. The fourth-order valence-electron chi connectivity index (χ4n) is 3.68. The van der Waals surface area contributed by atoms with Gasteiger partial charge in [-0.2, -0.15) is 17.5 Å². The van der Waals surface area contributed by atoms with Crippen LogP contribution in [-0.4, -0.2) is 80.1 Å². The SMILES string of the molecule is CCCCN(CCC(=O)N1CCNCC1)S(=O)(=O)c1c(C)cc(C)cc1C.O=C(O)C(F)(F)F. The van der Waals surface area contributed by atoms with Gasteiger partial charge in [-0.15, -0.1) is 0 Å². The zero-order chi connectivity index (χ0) is 26.1. The van der Waals surface area contributed by atoms with E-state index in [9.17, 15) is 26.4 Å². The maximum atomic E-state index is 13.4. The maximum absolute atomic E-state index is 13.4. The van der Waals surface area contributed by atoms with Crippen molar-refractivity contribution in [2.24, 2.45) is 0 Å². The summed E-state index contributed by atoms with van der Waals surface area (Å²) in [5.41, 5.74) is 2.59. The highest BCUT2D eigenvalue weighted by atomic mass is 32.2. The smallest absolute Gasteiger partial charge is 0.475 e. The van der Waals surface area contributed by atoms with Crippen molar-refractivity contribution in [1.82, 2.24) is 14.5 Å². The largest absolute Gasteiger partial charge is 0.490 e. The number of sulfonamides is 1. The van der Waals surface area contributed by atoms with Gasteiger partial charge in [0.1, 0.15) is 0 Å². The van der Waals surface area contributed by atoms with Gasteiger partial charge in [0.15, 0.2) is 0 Å². The van der Waals surface area contributed by atoms with Crippen molar-refractivity contribution in [1.29, 1.82) is 0 Å². The zero-order valence-corrected chi connectivity index (χ0v) is 20.9. The summed E-state index contributed by atoms with van der Waals surface area (Å²) in [5, 5.41) is 10.3. The number of unbranched alkanes of at least 4 members (excludes halogenated alkanes) is 1. The van der Waals surface area contributed by atoms with E-state index >= 15 is 0 Å². The van der Waals surface area contributed by atoms with Crippen LogP contribution in [0.3, 0.4) is 0 Å². The quantitative estimate of drug-likeness (QED) is 0.558. The highest BCUT2D eigenvalue weighted by molar-refractivity contribution is 7.89. The van der Waals surface area contributed by atoms with E-state index in [0.29, 0.717) is 24.5 Å². The number of amides is 1. The lowest BCUT2D eigenvalue weighted by atomic mass is 10.1. The first-order valence-electron chi connectivity index (χ1n) is 11.1. The number of halogens is 3. The van der Waals surface area contributed by atoms with Crippen molar-refractivity contribution in [2.45, 2.75) is 58.0 Å². The standard InChI is InChI=1S/C20H33N3O3S.C2HF3O2/c1-5-6-10-23(11-7-19(24)22-12-8-21-9-13-22)27(25,26)20-17(3)14-16(2)15-18(20)4;3-2(4,5)1(6)7/h14-15,21H,5-13H2,1-4H3;(H,6,7). The van der Waals surface area contributed by atoms with Gasteiger partial charge in [-0.25, -0.2) is 13.2 Å². The normalized spacial score (nSPS) is 14.5. The highest BCUT2D eigenvalue weighted by Crippen LogP contribution is 2.26. The minimum absolute atomic E-state index is 0.0329. The number of hydrogen-bond donors (Lipinski definition) is 2. The average Bonchev–Trinajstić information content (AvgIpc) is 2.72. The summed E-state index contributed by atoms with van der Waals surface area (Å²) in [6.07, 6.45) is -3.17. The number of carboxylic acids is 1. The van der Waals surface area contributed by atoms with Crippen molar-refractivity contribution >= 4 is 21.9 Å². The van der Waals surface area contributed by atoms with E-state index in [4.69, 9.17) is 9.90 Å². The third-order valence-electron chi connectivity index (χ3n) is 5.25. The van der Waals surface area contributed by atoms with Gasteiger partial charge in [0.25, 0.3) is 0 Å². The van der Waals surface area contributed by atoms with E-state index in [1.807, 2.05) is 44.7 Å². The number of nitrogens with zero attached hydrogens (tertiary/aromatic N) is 2. The summed E-state index contributed by atoms with van der Waals surface area (Å²) in [6.45, 7) is 11.4. The van der Waals surface area contributed by atoms with E-state index in [2.05, 4.69) is 5.32 Å². The molecule has 1 heterocycles. The van der Waals surface area contributed by atoms with Crippen LogP contribution in [0, 0.1) is 20.8 Å². The second kappa shape index (κ2) is 13.1. The molecule has 1 aliphatic heterocycles. The van der Waals surface area contributed by atoms with Crippen molar-refractivity contribution in [3.63, 3.8) is 0 Å². The Labute approximate surface area is 199 Å². The summed E-state index contributed by atoms with van der Waals surface area (Å²) in [7, 11) is -3.63. The Hall–Kier alpha value is -2.18. The van der Waals surface area contributed by atoms with Crippen LogP contribution >= 0.6 is 0 Å². The number of aliphatic carboxylic acids is 1. The maximum Gasteiger partial charge on any atom is 0.490 e. The average molecular weight is 510 g/mol. The Balaban J connectivity index is 0.000000718. The molecule has 1 saturated heterocycles. The minimum Gasteiger partial charge on any atom is -0.475 e. The van der Waals surface area contributed by atoms with Crippen LogP contribution in [0.2, 0.25) is 0 Å². The van der Waals surface area contributed by atoms with Gasteiger partial charge >= 0.3 is 12.1 Å². The fraction of sp³-hybridized carbons (Fsp3) is 0.636. The Morgan fingerprint density at radius 3 is 2.03 bits per heavy atom. The predicted molar refractivity (Wildman–Crippen MR) is 122 cm³/mol. The first-order valence-corrected chi connectivity index (χ1v) is 12.5. The van der Waals surface area contributed by atoms with Gasteiger partial charge in [-0.3, -0.25) is 4.79 Å². The molecule has 194 valence electrons. The van der Waals surface area contributed by atoms with Gasteiger partial charge in [0.05, 0.1) is 4.90 Å². The Kier molecular flexibility index (Phi) is 11.5. The lowest BCUT2D eigenvalue weighted by Gasteiger charge is -2.29. The molecule has 0 aliphatic carbocycles. The van der Waals surface area contributed by atoms with Gasteiger partial charge < -0.3 is 15.3 Å². The number of aryl methyl sites for hydroxylation is 3. The van der Waals surface area contributed by atoms with Crippen LogP contribution in [0.1, 0.15) is 42.9 Å². The third kappa shape index (κ3) is 8.88. The Morgan fingerprint density at radius 2 is 1.59 bits per heavy atom. The topological polar surface area (TPSA) is 107 Å².